The van der Waals surface area contributed by atoms with Crippen molar-refractivity contribution in [3.05, 3.63) is 64.2 Å². The quantitative estimate of drug-likeness (QED) is 0.777. The fourth-order valence-corrected chi connectivity index (χ4v) is 3.41. The molecule has 0 spiro atoms. The molecular formula is C22H22N2O2. The van der Waals surface area contributed by atoms with Gasteiger partial charge in [-0.2, -0.15) is 5.26 Å². The molecule has 132 valence electrons. The summed E-state index contributed by atoms with van der Waals surface area (Å²) in [6.07, 6.45) is 1.07. The van der Waals surface area contributed by atoms with Crippen LogP contribution in [0.2, 0.25) is 0 Å². The molecule has 0 unspecified atom stereocenters. The maximum Gasteiger partial charge on any atom is 0.168 e. The number of carbonyl (C=O) groups excluding carboxylic acids is 1. The summed E-state index contributed by atoms with van der Waals surface area (Å²) in [5, 5.41) is 8.90. The van der Waals surface area contributed by atoms with Crippen LogP contribution >= 0.6 is 0 Å². The van der Waals surface area contributed by atoms with Gasteiger partial charge in [0.1, 0.15) is 5.75 Å². The first kappa shape index (κ1) is 17.9. The molecule has 0 atom stereocenters. The number of aryl methyl sites for hydroxylation is 1. The summed E-state index contributed by atoms with van der Waals surface area (Å²) >= 11 is 0. The van der Waals surface area contributed by atoms with Crippen molar-refractivity contribution < 1.29 is 9.53 Å². The van der Waals surface area contributed by atoms with Crippen LogP contribution < -0.4 is 4.74 Å². The molecule has 1 aliphatic heterocycles. The monoisotopic (exact) mass is 346 g/mol. The van der Waals surface area contributed by atoms with Crippen LogP contribution in [0.5, 0.6) is 5.75 Å². The molecule has 0 amide bonds. The van der Waals surface area contributed by atoms with E-state index in [4.69, 9.17) is 15.0 Å². The van der Waals surface area contributed by atoms with Crippen molar-refractivity contribution in [3.63, 3.8) is 0 Å². The molecule has 1 heterocycles. The summed E-state index contributed by atoms with van der Waals surface area (Å²) < 4.78 is 5.41. The highest BCUT2D eigenvalue weighted by atomic mass is 16.5. The molecule has 0 radical (unpaired) electrons. The molecular weight excluding hydrogens is 324 g/mol. The van der Waals surface area contributed by atoms with Crippen molar-refractivity contribution in [3.8, 4) is 11.8 Å². The summed E-state index contributed by atoms with van der Waals surface area (Å²) in [7, 11) is 1.65. The van der Waals surface area contributed by atoms with Gasteiger partial charge in [-0.1, -0.05) is 12.1 Å². The van der Waals surface area contributed by atoms with Crippen LogP contribution in [-0.2, 0) is 6.42 Å². The topological polar surface area (TPSA) is 62.5 Å². The normalized spacial score (nSPS) is 14.8. The Kier molecular flexibility index (Phi) is 4.65. The Morgan fingerprint density at radius 3 is 2.58 bits per heavy atom. The highest BCUT2D eigenvalue weighted by Gasteiger charge is 2.29. The predicted molar refractivity (Wildman–Crippen MR) is 102 cm³/mol. The molecule has 2 aromatic rings. The van der Waals surface area contributed by atoms with Gasteiger partial charge < -0.3 is 4.74 Å². The molecule has 0 aromatic heterocycles. The van der Waals surface area contributed by atoms with Gasteiger partial charge in [0.25, 0.3) is 0 Å². The predicted octanol–water partition coefficient (Wildman–Crippen LogP) is 4.27. The number of nitriles is 1. The lowest BCUT2D eigenvalue weighted by Crippen LogP contribution is -2.30. The van der Waals surface area contributed by atoms with E-state index < -0.39 is 0 Å². The molecule has 0 saturated heterocycles. The van der Waals surface area contributed by atoms with E-state index in [9.17, 15) is 4.79 Å². The second-order valence-corrected chi connectivity index (χ2v) is 7.31. The maximum absolute atomic E-state index is 12.8. The number of Topliss-reactive ketones (excluding diaryl/α,β-unsaturated/α-hetero) is 1. The van der Waals surface area contributed by atoms with Gasteiger partial charge in [0.2, 0.25) is 0 Å². The van der Waals surface area contributed by atoms with Crippen LogP contribution in [0, 0.1) is 18.3 Å². The second-order valence-electron chi connectivity index (χ2n) is 7.31. The maximum atomic E-state index is 12.8. The number of aliphatic imine (C=N–C) groups is 1. The highest BCUT2D eigenvalue weighted by Crippen LogP contribution is 2.33. The van der Waals surface area contributed by atoms with Crippen molar-refractivity contribution in [1.82, 2.24) is 0 Å². The van der Waals surface area contributed by atoms with E-state index in [0.717, 1.165) is 29.0 Å². The van der Waals surface area contributed by atoms with Gasteiger partial charge in [0.15, 0.2) is 5.78 Å². The zero-order chi connectivity index (χ0) is 18.9. The van der Waals surface area contributed by atoms with Gasteiger partial charge in [-0.15, -0.1) is 0 Å². The van der Waals surface area contributed by atoms with Crippen LogP contribution in [0.25, 0.3) is 0 Å². The Hall–Kier alpha value is -2.93. The molecule has 0 saturated carbocycles. The number of fused-ring (bicyclic) bond motifs is 1. The Morgan fingerprint density at radius 2 is 1.96 bits per heavy atom. The Morgan fingerprint density at radius 1 is 1.27 bits per heavy atom. The number of rotatable bonds is 4. The summed E-state index contributed by atoms with van der Waals surface area (Å²) in [6, 6.07) is 12.8. The van der Waals surface area contributed by atoms with Crippen molar-refractivity contribution in [2.75, 3.05) is 7.11 Å². The first-order chi connectivity index (χ1) is 12.3. The average Bonchev–Trinajstić information content (AvgIpc) is 2.61. The molecule has 0 bridgehead atoms. The molecule has 26 heavy (non-hydrogen) atoms. The highest BCUT2D eigenvalue weighted by molar-refractivity contribution is 6.17. The van der Waals surface area contributed by atoms with Gasteiger partial charge in [-0.05, 0) is 62.6 Å². The minimum Gasteiger partial charge on any atom is -0.497 e. The molecule has 1 aliphatic rings. The molecule has 0 aliphatic carbocycles. The fraction of sp³-hybridized carbons (Fsp3) is 0.318. The zero-order valence-corrected chi connectivity index (χ0v) is 15.6. The largest absolute Gasteiger partial charge is 0.497 e. The number of carbonyl (C=O) groups is 1. The van der Waals surface area contributed by atoms with Gasteiger partial charge >= 0.3 is 0 Å². The fourth-order valence-electron chi connectivity index (χ4n) is 3.41. The van der Waals surface area contributed by atoms with Crippen molar-refractivity contribution in [1.29, 1.82) is 5.26 Å². The molecule has 2 aromatic carbocycles. The lowest BCUT2D eigenvalue weighted by atomic mass is 9.83. The number of ketones is 1. The first-order valence-corrected chi connectivity index (χ1v) is 8.63. The number of hydrogen-bond donors (Lipinski definition) is 0. The third kappa shape index (κ3) is 3.52. The SMILES string of the molecule is COc1cc(C)c2c(c1)C(CC(=O)c1ccc(C#N)cc1)=NC(C)(C)C2. The van der Waals surface area contributed by atoms with Crippen LogP contribution in [0.4, 0.5) is 0 Å². The summed E-state index contributed by atoms with van der Waals surface area (Å²) in [5.74, 6) is 0.775. The van der Waals surface area contributed by atoms with E-state index in [2.05, 4.69) is 26.8 Å². The summed E-state index contributed by atoms with van der Waals surface area (Å²) in [4.78, 5) is 17.6. The van der Waals surface area contributed by atoms with E-state index in [1.54, 1.807) is 31.4 Å². The number of ether oxygens (including phenoxy) is 1. The Labute approximate surface area is 154 Å². The van der Waals surface area contributed by atoms with Gasteiger partial charge in [0, 0.05) is 11.1 Å². The molecule has 0 N–H and O–H groups in total. The van der Waals surface area contributed by atoms with Crippen LogP contribution in [0.15, 0.2) is 41.4 Å². The molecule has 4 nitrogen and oxygen atoms in total. The minimum atomic E-state index is -0.243. The van der Waals surface area contributed by atoms with Crippen LogP contribution in [-0.4, -0.2) is 24.1 Å². The lowest BCUT2D eigenvalue weighted by Gasteiger charge is -2.30. The first-order valence-electron chi connectivity index (χ1n) is 8.63. The van der Waals surface area contributed by atoms with E-state index in [1.165, 1.54) is 5.56 Å². The Bertz CT molecular complexity index is 932. The average molecular weight is 346 g/mol. The van der Waals surface area contributed by atoms with E-state index >= 15 is 0 Å². The van der Waals surface area contributed by atoms with Crippen molar-refractivity contribution in [2.45, 2.75) is 39.2 Å². The lowest BCUT2D eigenvalue weighted by molar-refractivity contribution is 0.100. The van der Waals surface area contributed by atoms with Gasteiger partial charge in [-0.25, -0.2) is 0 Å². The van der Waals surface area contributed by atoms with E-state index in [0.29, 0.717) is 11.1 Å². The number of nitrogens with zero attached hydrogens (tertiary/aromatic N) is 2. The summed E-state index contributed by atoms with van der Waals surface area (Å²) in [5.41, 5.74) is 5.08. The Balaban J connectivity index is 1.98. The third-order valence-corrected chi connectivity index (χ3v) is 4.70. The zero-order valence-electron chi connectivity index (χ0n) is 15.6. The minimum absolute atomic E-state index is 0.00244. The molecule has 3 rings (SSSR count). The van der Waals surface area contributed by atoms with Gasteiger partial charge in [0.05, 0.1) is 36.4 Å². The van der Waals surface area contributed by atoms with Crippen LogP contribution in [0.3, 0.4) is 0 Å². The summed E-state index contributed by atoms with van der Waals surface area (Å²) in [6.45, 7) is 6.25. The smallest absolute Gasteiger partial charge is 0.168 e. The standard InChI is InChI=1S/C22H22N2O2/c1-14-9-17(26-4)10-18-19(14)12-22(2,3)24-20(18)11-21(25)16-7-5-15(13-23)6-8-16/h5-10H,11-12H2,1-4H3. The third-order valence-electron chi connectivity index (χ3n) is 4.70. The van der Waals surface area contributed by atoms with Crippen molar-refractivity contribution in [2.24, 2.45) is 4.99 Å². The van der Waals surface area contributed by atoms with Crippen molar-refractivity contribution >= 4 is 11.5 Å². The van der Waals surface area contributed by atoms with E-state index in [-0.39, 0.29) is 17.7 Å². The van der Waals surface area contributed by atoms with E-state index in [1.807, 2.05) is 12.1 Å². The van der Waals surface area contributed by atoms with Gasteiger partial charge in [-0.3, -0.25) is 9.79 Å². The number of benzene rings is 2. The number of hydrogen-bond acceptors (Lipinski definition) is 4. The molecule has 0 fully saturated rings. The second kappa shape index (κ2) is 6.76. The number of methoxy groups -OCH3 is 1. The van der Waals surface area contributed by atoms with Crippen LogP contribution in [0.1, 0.15) is 52.9 Å². The molecule has 4 heteroatoms.